The molecule has 1 aromatic heterocycles. The molecule has 0 fully saturated rings. The number of amides is 1. The minimum Gasteiger partial charge on any atom is -0.453 e. The molecule has 0 bridgehead atoms. The number of hydrogen-bond acceptors (Lipinski definition) is 5. The predicted octanol–water partition coefficient (Wildman–Crippen LogP) is 3.14. The van der Waals surface area contributed by atoms with Crippen molar-refractivity contribution in [2.24, 2.45) is 0 Å². The number of aryl methyl sites for hydroxylation is 1. The minimum atomic E-state index is -1.06. The van der Waals surface area contributed by atoms with Crippen LogP contribution in [0.4, 0.5) is 0 Å². The highest BCUT2D eigenvalue weighted by molar-refractivity contribution is 9.10. The maximum atomic E-state index is 12.6. The molecule has 1 heterocycles. The van der Waals surface area contributed by atoms with Crippen molar-refractivity contribution in [1.29, 1.82) is 0 Å². The number of aromatic amines is 1. The van der Waals surface area contributed by atoms with E-state index in [0.717, 1.165) is 4.47 Å². The van der Waals surface area contributed by atoms with Crippen LogP contribution < -0.4 is 5.32 Å². The van der Waals surface area contributed by atoms with Gasteiger partial charge in [-0.1, -0.05) is 15.9 Å². The molecule has 148 valence electrons. The van der Waals surface area contributed by atoms with Crippen molar-refractivity contribution in [3.8, 4) is 0 Å². The Morgan fingerprint density at radius 1 is 1.14 bits per heavy atom. The number of aromatic nitrogens is 1. The maximum Gasteiger partial charge on any atom is 0.326 e. The fraction of sp³-hybridized carbons (Fsp3) is 0.300. The summed E-state index contributed by atoms with van der Waals surface area (Å²) < 4.78 is 5.95. The first-order chi connectivity index (χ1) is 13.1. The first kappa shape index (κ1) is 21.6. The van der Waals surface area contributed by atoms with Crippen molar-refractivity contribution in [1.82, 2.24) is 10.3 Å². The molecule has 0 radical (unpaired) electrons. The van der Waals surface area contributed by atoms with Gasteiger partial charge in [-0.25, -0.2) is 0 Å². The highest BCUT2D eigenvalue weighted by Crippen LogP contribution is 2.20. The molecule has 1 aromatic carbocycles. The third kappa shape index (κ3) is 4.95. The molecule has 0 spiro atoms. The van der Waals surface area contributed by atoms with E-state index in [0.29, 0.717) is 22.4 Å². The van der Waals surface area contributed by atoms with Crippen molar-refractivity contribution in [3.05, 3.63) is 56.8 Å². The summed E-state index contributed by atoms with van der Waals surface area (Å²) in [6, 6.07) is 6.65. The van der Waals surface area contributed by atoms with Gasteiger partial charge in [0.25, 0.3) is 5.91 Å². The van der Waals surface area contributed by atoms with E-state index >= 15 is 0 Å². The largest absolute Gasteiger partial charge is 0.453 e. The summed E-state index contributed by atoms with van der Waals surface area (Å²) >= 11 is 3.28. The zero-order chi connectivity index (χ0) is 21.0. The van der Waals surface area contributed by atoms with E-state index in [1.807, 2.05) is 0 Å². The van der Waals surface area contributed by atoms with E-state index in [9.17, 15) is 19.2 Å². The third-order valence-corrected chi connectivity index (χ3v) is 4.74. The van der Waals surface area contributed by atoms with E-state index in [4.69, 9.17) is 4.74 Å². The van der Waals surface area contributed by atoms with Crippen molar-refractivity contribution in [2.45, 2.75) is 33.8 Å². The van der Waals surface area contributed by atoms with Crippen LogP contribution in [-0.4, -0.2) is 41.1 Å². The smallest absolute Gasteiger partial charge is 0.326 e. The number of carbonyl (C=O) groups is 4. The Hall–Kier alpha value is -2.74. The Morgan fingerprint density at radius 2 is 1.75 bits per heavy atom. The van der Waals surface area contributed by atoms with Gasteiger partial charge in [-0.15, -0.1) is 0 Å². The third-order valence-electron chi connectivity index (χ3n) is 4.21. The van der Waals surface area contributed by atoms with Crippen LogP contribution in [0.3, 0.4) is 0 Å². The molecule has 7 nitrogen and oxygen atoms in total. The normalized spacial score (nSPS) is 11.6. The quantitative estimate of drug-likeness (QED) is 0.499. The monoisotopic (exact) mass is 448 g/mol. The fourth-order valence-electron chi connectivity index (χ4n) is 2.88. The van der Waals surface area contributed by atoms with E-state index in [1.165, 1.54) is 13.8 Å². The molecule has 0 saturated carbocycles. The van der Waals surface area contributed by atoms with Gasteiger partial charge in [0.2, 0.25) is 5.78 Å². The number of benzene rings is 1. The molecular formula is C20H21BrN2O5. The van der Waals surface area contributed by atoms with E-state index in [-0.39, 0.29) is 18.0 Å². The summed E-state index contributed by atoms with van der Waals surface area (Å²) in [5.74, 6) is -1.75. The zero-order valence-electron chi connectivity index (χ0n) is 16.0. The average molecular weight is 449 g/mol. The van der Waals surface area contributed by atoms with E-state index in [1.54, 1.807) is 38.1 Å². The molecule has 0 aliphatic rings. The number of ketones is 2. The lowest BCUT2D eigenvalue weighted by Gasteiger charge is -2.13. The molecular weight excluding hydrogens is 428 g/mol. The van der Waals surface area contributed by atoms with Gasteiger partial charge in [0.15, 0.2) is 11.9 Å². The first-order valence-electron chi connectivity index (χ1n) is 8.59. The van der Waals surface area contributed by atoms with Gasteiger partial charge in [0.1, 0.15) is 6.54 Å². The number of nitrogens with one attached hydrogen (secondary N) is 2. The Labute approximate surface area is 171 Å². The molecule has 1 amide bonds. The van der Waals surface area contributed by atoms with Gasteiger partial charge in [0, 0.05) is 21.3 Å². The summed E-state index contributed by atoms with van der Waals surface area (Å²) in [4.78, 5) is 51.1. The summed E-state index contributed by atoms with van der Waals surface area (Å²) in [5.41, 5.74) is 2.22. The van der Waals surface area contributed by atoms with Gasteiger partial charge in [0.05, 0.1) is 5.69 Å². The molecule has 8 heteroatoms. The summed E-state index contributed by atoms with van der Waals surface area (Å²) in [7, 11) is 0. The molecule has 2 N–H and O–H groups in total. The van der Waals surface area contributed by atoms with Crippen LogP contribution >= 0.6 is 15.9 Å². The Morgan fingerprint density at radius 3 is 2.29 bits per heavy atom. The van der Waals surface area contributed by atoms with Gasteiger partial charge >= 0.3 is 5.97 Å². The highest BCUT2D eigenvalue weighted by atomic mass is 79.9. The first-order valence-corrected chi connectivity index (χ1v) is 9.38. The summed E-state index contributed by atoms with van der Waals surface area (Å²) in [6.07, 6.45) is -1.06. The summed E-state index contributed by atoms with van der Waals surface area (Å²) in [5, 5.41) is 2.45. The van der Waals surface area contributed by atoms with Crippen LogP contribution in [0.2, 0.25) is 0 Å². The number of ether oxygens (including phenoxy) is 1. The number of esters is 1. The van der Waals surface area contributed by atoms with E-state index < -0.39 is 23.8 Å². The lowest BCUT2D eigenvalue weighted by Crippen LogP contribution is -2.34. The number of hydrogen-bond donors (Lipinski definition) is 2. The number of H-pyrrole nitrogens is 1. The standard InChI is InChI=1S/C20H21BrN2O5/c1-10-17(12(3)24)11(2)23-18(10)19(26)13(4)28-16(25)9-22-20(27)14-5-7-15(21)8-6-14/h5-8,13,23H,9H2,1-4H3,(H,22,27). The SMILES string of the molecule is CC(=O)c1c(C)[nH]c(C(=O)C(C)OC(=O)CNC(=O)c2ccc(Br)cc2)c1C. The lowest BCUT2D eigenvalue weighted by atomic mass is 10.0. The number of halogens is 1. The molecule has 0 aliphatic heterocycles. The van der Waals surface area contributed by atoms with Crippen LogP contribution in [0, 0.1) is 13.8 Å². The van der Waals surface area contributed by atoms with Crippen LogP contribution in [-0.2, 0) is 9.53 Å². The number of rotatable bonds is 7. The Kier molecular flexibility index (Phi) is 6.90. The van der Waals surface area contributed by atoms with Gasteiger partial charge in [-0.3, -0.25) is 19.2 Å². The Balaban J connectivity index is 1.96. The molecule has 1 unspecified atom stereocenters. The molecule has 2 aromatic rings. The van der Waals surface area contributed by atoms with E-state index in [2.05, 4.69) is 26.2 Å². The second-order valence-corrected chi connectivity index (χ2v) is 7.28. The Bertz CT molecular complexity index is 931. The molecule has 2 rings (SSSR count). The van der Waals surface area contributed by atoms with Gasteiger partial charge < -0.3 is 15.0 Å². The van der Waals surface area contributed by atoms with Gasteiger partial charge in [-0.05, 0) is 57.5 Å². The average Bonchev–Trinajstić information content (AvgIpc) is 2.93. The minimum absolute atomic E-state index is 0.148. The molecule has 0 saturated heterocycles. The van der Waals surface area contributed by atoms with Crippen molar-refractivity contribution < 1.29 is 23.9 Å². The molecule has 28 heavy (non-hydrogen) atoms. The second kappa shape index (κ2) is 8.97. The van der Waals surface area contributed by atoms with Crippen molar-refractivity contribution in [2.75, 3.05) is 6.54 Å². The van der Waals surface area contributed by atoms with Crippen molar-refractivity contribution >= 4 is 39.4 Å². The molecule has 0 aliphatic carbocycles. The van der Waals surface area contributed by atoms with Crippen LogP contribution in [0.1, 0.15) is 56.3 Å². The summed E-state index contributed by atoms with van der Waals surface area (Å²) in [6.45, 7) is 5.87. The van der Waals surface area contributed by atoms with Crippen LogP contribution in [0.25, 0.3) is 0 Å². The number of Topliss-reactive ketones (excluding diaryl/α,β-unsaturated/α-hetero) is 2. The molecule has 1 atom stereocenters. The lowest BCUT2D eigenvalue weighted by molar-refractivity contribution is -0.145. The topological polar surface area (TPSA) is 105 Å². The number of carbonyl (C=O) groups excluding carboxylic acids is 4. The maximum absolute atomic E-state index is 12.6. The highest BCUT2D eigenvalue weighted by Gasteiger charge is 2.26. The van der Waals surface area contributed by atoms with Crippen LogP contribution in [0.15, 0.2) is 28.7 Å². The van der Waals surface area contributed by atoms with Crippen molar-refractivity contribution in [3.63, 3.8) is 0 Å². The fourth-order valence-corrected chi connectivity index (χ4v) is 3.14. The van der Waals surface area contributed by atoms with Crippen LogP contribution in [0.5, 0.6) is 0 Å². The zero-order valence-corrected chi connectivity index (χ0v) is 17.6. The predicted molar refractivity (Wildman–Crippen MR) is 107 cm³/mol. The second-order valence-electron chi connectivity index (χ2n) is 6.37. The van der Waals surface area contributed by atoms with Gasteiger partial charge in [-0.2, -0.15) is 0 Å².